The molecule has 0 aliphatic carbocycles. The molecule has 0 aliphatic heterocycles. The van der Waals surface area contributed by atoms with Crippen LogP contribution in [0.3, 0.4) is 0 Å². The number of carbonyl (C=O) groups is 1. The first-order valence-corrected chi connectivity index (χ1v) is 9.37. The first-order valence-electron chi connectivity index (χ1n) is 9.37. The van der Waals surface area contributed by atoms with Crippen molar-refractivity contribution in [3.05, 3.63) is 68.0 Å². The number of anilines is 1. The summed E-state index contributed by atoms with van der Waals surface area (Å²) in [6, 6.07) is 9.05. The summed E-state index contributed by atoms with van der Waals surface area (Å²) in [5.74, 6) is -0.383. The molecule has 1 amide bonds. The number of rotatable bonds is 5. The van der Waals surface area contributed by atoms with E-state index in [9.17, 15) is 14.4 Å². The van der Waals surface area contributed by atoms with Crippen LogP contribution >= 0.6 is 0 Å². The predicted molar refractivity (Wildman–Crippen MR) is 110 cm³/mol. The van der Waals surface area contributed by atoms with Gasteiger partial charge in [0.05, 0.1) is 10.9 Å². The number of hydrogen-bond donors (Lipinski definition) is 2. The molecule has 0 atom stereocenters. The second-order valence-corrected chi connectivity index (χ2v) is 7.18. The zero-order valence-electron chi connectivity index (χ0n) is 16.5. The number of carbonyl (C=O) groups excluding carboxylic acids is 1. The highest BCUT2D eigenvalue weighted by atomic mass is 16.2. The largest absolute Gasteiger partial charge is 0.329 e. The summed E-state index contributed by atoms with van der Waals surface area (Å²) in [6.45, 7) is 8.17. The summed E-state index contributed by atoms with van der Waals surface area (Å²) in [7, 11) is 0. The van der Waals surface area contributed by atoms with Gasteiger partial charge in [0.1, 0.15) is 0 Å². The number of hydrogen-bond acceptors (Lipinski definition) is 4. The molecule has 146 valence electrons. The average molecular weight is 380 g/mol. The van der Waals surface area contributed by atoms with E-state index in [1.54, 1.807) is 12.1 Å². The number of benzene rings is 1. The fraction of sp³-hybridized carbons (Fsp3) is 0.333. The molecule has 0 radical (unpaired) electrons. The van der Waals surface area contributed by atoms with Crippen LogP contribution in [-0.4, -0.2) is 20.4 Å². The van der Waals surface area contributed by atoms with E-state index in [1.807, 2.05) is 45.9 Å². The minimum Gasteiger partial charge on any atom is -0.322 e. The lowest BCUT2D eigenvalue weighted by molar-refractivity contribution is 0.102. The van der Waals surface area contributed by atoms with Gasteiger partial charge in [0.25, 0.3) is 11.5 Å². The van der Waals surface area contributed by atoms with Crippen LogP contribution in [0.5, 0.6) is 0 Å². The molecule has 0 saturated carbocycles. The van der Waals surface area contributed by atoms with Crippen LogP contribution in [0.2, 0.25) is 0 Å². The second-order valence-electron chi connectivity index (χ2n) is 7.18. The number of fused-ring (bicyclic) bond motifs is 1. The molecule has 0 saturated heterocycles. The Balaban J connectivity index is 2.25. The van der Waals surface area contributed by atoms with Gasteiger partial charge in [0, 0.05) is 17.9 Å². The van der Waals surface area contributed by atoms with Crippen molar-refractivity contribution in [1.82, 2.24) is 14.5 Å². The number of aromatic nitrogens is 3. The van der Waals surface area contributed by atoms with E-state index in [-0.39, 0.29) is 22.5 Å². The maximum absolute atomic E-state index is 13.0. The molecule has 1 aromatic carbocycles. The van der Waals surface area contributed by atoms with Gasteiger partial charge in [0.2, 0.25) is 0 Å². The molecule has 0 bridgehead atoms. The molecule has 28 heavy (non-hydrogen) atoms. The number of aryl methyl sites for hydroxylation is 2. The predicted octanol–water partition coefficient (Wildman–Crippen LogP) is 3.18. The molecule has 2 aromatic heterocycles. The van der Waals surface area contributed by atoms with E-state index >= 15 is 0 Å². The first-order chi connectivity index (χ1) is 13.3. The van der Waals surface area contributed by atoms with Crippen LogP contribution in [0.15, 0.2) is 39.9 Å². The van der Waals surface area contributed by atoms with Gasteiger partial charge in [-0.3, -0.25) is 19.1 Å². The van der Waals surface area contributed by atoms with Crippen LogP contribution in [0, 0.1) is 6.92 Å². The van der Waals surface area contributed by atoms with Crippen LogP contribution < -0.4 is 16.6 Å². The van der Waals surface area contributed by atoms with Gasteiger partial charge in [0.15, 0.2) is 5.65 Å². The molecule has 2 heterocycles. The van der Waals surface area contributed by atoms with Gasteiger partial charge in [-0.2, -0.15) is 0 Å². The van der Waals surface area contributed by atoms with Crippen LogP contribution in [-0.2, 0) is 6.54 Å². The van der Waals surface area contributed by atoms with E-state index in [2.05, 4.69) is 15.3 Å². The topological polar surface area (TPSA) is 96.9 Å². The Morgan fingerprint density at radius 1 is 1.25 bits per heavy atom. The van der Waals surface area contributed by atoms with Crippen LogP contribution in [0.25, 0.3) is 11.0 Å². The summed E-state index contributed by atoms with van der Waals surface area (Å²) in [6.07, 6.45) is 0.694. The minimum atomic E-state index is -0.607. The Labute approximate surface area is 162 Å². The Bertz CT molecular complexity index is 1160. The first kappa shape index (κ1) is 19.5. The van der Waals surface area contributed by atoms with E-state index in [1.165, 1.54) is 4.57 Å². The van der Waals surface area contributed by atoms with E-state index in [0.717, 1.165) is 5.56 Å². The Morgan fingerprint density at radius 2 is 2.00 bits per heavy atom. The lowest BCUT2D eigenvalue weighted by Gasteiger charge is -2.14. The summed E-state index contributed by atoms with van der Waals surface area (Å²) in [4.78, 5) is 44.8. The molecule has 0 aliphatic rings. The third kappa shape index (κ3) is 3.74. The SMILES string of the molecule is CCCn1c(=O)[nH]c(=O)c2c(C(=O)Nc3cccc(C)c3)cc(C(C)C)nc21. The Kier molecular flexibility index (Phi) is 5.44. The lowest BCUT2D eigenvalue weighted by Crippen LogP contribution is -2.32. The van der Waals surface area contributed by atoms with Crippen molar-refractivity contribution in [3.63, 3.8) is 0 Å². The molecule has 7 nitrogen and oxygen atoms in total. The van der Waals surface area contributed by atoms with E-state index in [0.29, 0.717) is 24.3 Å². The van der Waals surface area contributed by atoms with Gasteiger partial charge < -0.3 is 5.32 Å². The van der Waals surface area contributed by atoms with Gasteiger partial charge in [-0.15, -0.1) is 0 Å². The van der Waals surface area contributed by atoms with E-state index in [4.69, 9.17) is 0 Å². The van der Waals surface area contributed by atoms with Crippen LogP contribution in [0.4, 0.5) is 5.69 Å². The lowest BCUT2D eigenvalue weighted by atomic mass is 10.0. The number of nitrogens with one attached hydrogen (secondary N) is 2. The Morgan fingerprint density at radius 3 is 2.64 bits per heavy atom. The van der Waals surface area contributed by atoms with Crippen molar-refractivity contribution in [3.8, 4) is 0 Å². The molecular formula is C21H24N4O3. The third-order valence-electron chi connectivity index (χ3n) is 4.53. The van der Waals surface area contributed by atoms with Gasteiger partial charge in [-0.05, 0) is 43.0 Å². The van der Waals surface area contributed by atoms with Crippen molar-refractivity contribution in [1.29, 1.82) is 0 Å². The van der Waals surface area contributed by atoms with Crippen molar-refractivity contribution in [2.45, 2.75) is 46.6 Å². The number of aromatic amines is 1. The minimum absolute atomic E-state index is 0.0272. The molecular weight excluding hydrogens is 356 g/mol. The highest BCUT2D eigenvalue weighted by Crippen LogP contribution is 2.21. The van der Waals surface area contributed by atoms with Gasteiger partial charge in [-0.1, -0.05) is 32.9 Å². The number of pyridine rings is 1. The maximum Gasteiger partial charge on any atom is 0.329 e. The summed E-state index contributed by atoms with van der Waals surface area (Å²) >= 11 is 0. The van der Waals surface area contributed by atoms with Crippen LogP contribution in [0.1, 0.15) is 54.7 Å². The van der Waals surface area contributed by atoms with E-state index < -0.39 is 17.2 Å². The monoisotopic (exact) mass is 380 g/mol. The molecule has 7 heteroatoms. The van der Waals surface area contributed by atoms with Crippen molar-refractivity contribution in [2.24, 2.45) is 0 Å². The molecule has 0 unspecified atom stereocenters. The maximum atomic E-state index is 13.0. The molecule has 0 spiro atoms. The molecule has 3 aromatic rings. The fourth-order valence-electron chi connectivity index (χ4n) is 3.12. The van der Waals surface area contributed by atoms with Crippen molar-refractivity contribution < 1.29 is 4.79 Å². The third-order valence-corrected chi connectivity index (χ3v) is 4.53. The van der Waals surface area contributed by atoms with Crippen molar-refractivity contribution in [2.75, 3.05) is 5.32 Å². The Hall–Kier alpha value is -3.22. The smallest absolute Gasteiger partial charge is 0.322 e. The van der Waals surface area contributed by atoms with Crippen molar-refractivity contribution >= 4 is 22.6 Å². The average Bonchev–Trinajstić information content (AvgIpc) is 2.64. The number of nitrogens with zero attached hydrogens (tertiary/aromatic N) is 2. The second kappa shape index (κ2) is 7.80. The zero-order valence-corrected chi connectivity index (χ0v) is 16.5. The number of H-pyrrole nitrogens is 1. The normalized spacial score (nSPS) is 11.2. The molecule has 2 N–H and O–H groups in total. The summed E-state index contributed by atoms with van der Waals surface area (Å²) in [5.41, 5.74) is 1.63. The number of amides is 1. The summed E-state index contributed by atoms with van der Waals surface area (Å²) in [5, 5.41) is 2.97. The summed E-state index contributed by atoms with van der Waals surface area (Å²) < 4.78 is 1.42. The van der Waals surface area contributed by atoms with Gasteiger partial charge in [-0.25, -0.2) is 9.78 Å². The molecule has 0 fully saturated rings. The standard InChI is InChI=1S/C21H24N4O3/c1-5-9-25-18-17(20(27)24-21(25)28)15(11-16(23-18)12(2)3)19(26)22-14-8-6-7-13(4)10-14/h6-8,10-12H,5,9H2,1-4H3,(H,22,26)(H,24,27,28). The zero-order chi connectivity index (χ0) is 20.4. The quantitative estimate of drug-likeness (QED) is 0.710. The fourth-order valence-corrected chi connectivity index (χ4v) is 3.12. The van der Waals surface area contributed by atoms with Gasteiger partial charge >= 0.3 is 5.69 Å². The highest BCUT2D eigenvalue weighted by molar-refractivity contribution is 6.11. The molecule has 3 rings (SSSR count). The highest BCUT2D eigenvalue weighted by Gasteiger charge is 2.20.